The minimum absolute atomic E-state index is 0.00543. The quantitative estimate of drug-likeness (QED) is 0.215. The molecule has 6 rings (SSSR count). The number of rotatable bonds is 5. The van der Waals surface area contributed by atoms with E-state index in [0.717, 1.165) is 48.7 Å². The van der Waals surface area contributed by atoms with E-state index in [1.165, 1.54) is 17.7 Å². The molecule has 41 heavy (non-hydrogen) atoms. The van der Waals surface area contributed by atoms with E-state index < -0.39 is 0 Å². The normalized spacial score (nSPS) is 11.9. The molecule has 5 heteroatoms. The Bertz CT molecular complexity index is 1880. The van der Waals surface area contributed by atoms with E-state index >= 15 is 0 Å². The summed E-state index contributed by atoms with van der Waals surface area (Å²) in [5.41, 5.74) is 8.50. The smallest absolute Gasteiger partial charge is 0.126 e. The van der Waals surface area contributed by atoms with Crippen molar-refractivity contribution in [1.82, 2.24) is 4.98 Å². The summed E-state index contributed by atoms with van der Waals surface area (Å²) in [5, 5.41) is 11.4. The van der Waals surface area contributed by atoms with Crippen LogP contribution >= 0.6 is 11.3 Å². The number of thiazole rings is 1. The molecule has 0 saturated carbocycles. The van der Waals surface area contributed by atoms with E-state index in [1.54, 1.807) is 35.8 Å². The van der Waals surface area contributed by atoms with E-state index in [0.29, 0.717) is 5.56 Å². The lowest BCUT2D eigenvalue weighted by molar-refractivity contribution is 0.474. The third-order valence-electron chi connectivity index (χ3n) is 7.13. The van der Waals surface area contributed by atoms with Gasteiger partial charge in [-0.15, -0.1) is 11.3 Å². The molecule has 0 unspecified atom stereocenters. The lowest BCUT2D eigenvalue weighted by atomic mass is 9.85. The second-order valence-corrected chi connectivity index (χ2v) is 12.1. The Morgan fingerprint density at radius 2 is 1.46 bits per heavy atom. The maximum Gasteiger partial charge on any atom is 0.126 e. The number of fused-ring (bicyclic) bond motifs is 1. The molecule has 1 aromatic heterocycles. The van der Waals surface area contributed by atoms with Gasteiger partial charge in [-0.2, -0.15) is 0 Å². The molecule has 0 aliphatic carbocycles. The van der Waals surface area contributed by atoms with E-state index in [9.17, 15) is 9.50 Å². The lowest BCUT2D eigenvalue weighted by Crippen LogP contribution is -2.10. The van der Waals surface area contributed by atoms with Gasteiger partial charge in [0.1, 0.15) is 16.6 Å². The van der Waals surface area contributed by atoms with Crippen molar-refractivity contribution in [3.05, 3.63) is 126 Å². The Balaban J connectivity index is 1.42. The first-order chi connectivity index (χ1) is 19.8. The van der Waals surface area contributed by atoms with Crippen LogP contribution in [0.25, 0.3) is 43.0 Å². The lowest BCUT2D eigenvalue weighted by Gasteiger charge is -2.20. The molecule has 1 heterocycles. The van der Waals surface area contributed by atoms with Crippen molar-refractivity contribution in [3.8, 4) is 38.6 Å². The summed E-state index contributed by atoms with van der Waals surface area (Å²) in [6.07, 6.45) is 1.67. The number of benzene rings is 5. The minimum atomic E-state index is -0.286. The number of aliphatic imine (C=N–C) groups is 1. The average molecular weight is 557 g/mol. The minimum Gasteiger partial charge on any atom is -0.507 e. The predicted octanol–water partition coefficient (Wildman–Crippen LogP) is 10.2. The highest BCUT2D eigenvalue weighted by atomic mass is 32.1. The zero-order chi connectivity index (χ0) is 28.6. The van der Waals surface area contributed by atoms with Crippen LogP contribution in [0.2, 0.25) is 0 Å². The van der Waals surface area contributed by atoms with Crippen molar-refractivity contribution in [2.24, 2.45) is 4.99 Å². The van der Waals surface area contributed by atoms with Gasteiger partial charge in [0.2, 0.25) is 0 Å². The fraction of sp³-hybridized carbons (Fsp3) is 0.111. The fourth-order valence-corrected chi connectivity index (χ4v) is 5.87. The Hall–Kier alpha value is -4.61. The number of aromatic nitrogens is 1. The summed E-state index contributed by atoms with van der Waals surface area (Å²) in [6, 6.07) is 34.5. The van der Waals surface area contributed by atoms with E-state index in [4.69, 9.17) is 9.98 Å². The van der Waals surface area contributed by atoms with E-state index in [2.05, 4.69) is 57.2 Å². The van der Waals surface area contributed by atoms with Crippen LogP contribution in [0.3, 0.4) is 0 Å². The summed E-state index contributed by atoms with van der Waals surface area (Å²) < 4.78 is 14.5. The summed E-state index contributed by atoms with van der Waals surface area (Å²) in [4.78, 5) is 9.93. The Kier molecular flexibility index (Phi) is 6.98. The van der Waals surface area contributed by atoms with Crippen LogP contribution < -0.4 is 0 Å². The summed E-state index contributed by atoms with van der Waals surface area (Å²) in [5.74, 6) is -0.161. The van der Waals surface area contributed by atoms with Crippen molar-refractivity contribution in [1.29, 1.82) is 0 Å². The van der Waals surface area contributed by atoms with Crippen LogP contribution in [0.15, 0.2) is 114 Å². The van der Waals surface area contributed by atoms with Gasteiger partial charge in [0.05, 0.1) is 15.9 Å². The molecule has 0 aliphatic heterocycles. The molecule has 0 fully saturated rings. The third-order valence-corrected chi connectivity index (χ3v) is 8.16. The van der Waals surface area contributed by atoms with Crippen molar-refractivity contribution < 1.29 is 9.50 Å². The average Bonchev–Trinajstić information content (AvgIpc) is 3.41. The molecule has 6 aromatic rings. The molecule has 3 nitrogen and oxygen atoms in total. The van der Waals surface area contributed by atoms with Gasteiger partial charge in [-0.3, -0.25) is 4.99 Å². The summed E-state index contributed by atoms with van der Waals surface area (Å²) in [7, 11) is 0. The largest absolute Gasteiger partial charge is 0.507 e. The van der Waals surface area contributed by atoms with Crippen molar-refractivity contribution in [2.75, 3.05) is 0 Å². The van der Waals surface area contributed by atoms with E-state index in [-0.39, 0.29) is 17.0 Å². The molecule has 0 spiro atoms. The van der Waals surface area contributed by atoms with Crippen LogP contribution in [-0.2, 0) is 5.41 Å². The van der Waals surface area contributed by atoms with Gasteiger partial charge in [-0.1, -0.05) is 81.4 Å². The Morgan fingerprint density at radius 3 is 2.22 bits per heavy atom. The van der Waals surface area contributed by atoms with Crippen molar-refractivity contribution >= 4 is 33.5 Å². The number of hydrogen-bond acceptors (Lipinski definition) is 4. The number of para-hydroxylation sites is 1. The highest BCUT2D eigenvalue weighted by Crippen LogP contribution is 2.41. The molecule has 202 valence electrons. The number of nitrogens with zero attached hydrogens (tertiary/aromatic N) is 2. The van der Waals surface area contributed by atoms with Crippen LogP contribution in [-0.4, -0.2) is 16.3 Å². The second kappa shape index (κ2) is 10.8. The summed E-state index contributed by atoms with van der Waals surface area (Å²) >= 11 is 1.66. The SMILES string of the molecule is CC(C)(C)c1cc(-c2ccccc2)c2nc(-c3ccccc3N=Cc3cc(-c4ccc(F)cc4)ccc3O)sc2c1. The number of hydrogen-bond donors (Lipinski definition) is 1. The first-order valence-corrected chi connectivity index (χ1v) is 14.3. The molecule has 0 aliphatic rings. The summed E-state index contributed by atoms with van der Waals surface area (Å²) in [6.45, 7) is 6.69. The highest BCUT2D eigenvalue weighted by Gasteiger charge is 2.20. The van der Waals surface area contributed by atoms with Gasteiger partial charge < -0.3 is 5.11 Å². The van der Waals surface area contributed by atoms with Crippen LogP contribution in [0.1, 0.15) is 31.9 Å². The van der Waals surface area contributed by atoms with Gasteiger partial charge >= 0.3 is 0 Å². The standard InChI is InChI=1S/C36H29FN2OS/c1-36(2,3)27-20-30(24-9-5-4-6-10-24)34-33(21-27)41-35(39-34)29-11-7-8-12-31(29)38-22-26-19-25(15-18-32(26)40)23-13-16-28(37)17-14-23/h4-22,40H,1-3H3. The zero-order valence-corrected chi connectivity index (χ0v) is 23.9. The first-order valence-electron chi connectivity index (χ1n) is 13.5. The van der Waals surface area contributed by atoms with Gasteiger partial charge in [0, 0.05) is 22.9 Å². The maximum atomic E-state index is 13.4. The van der Waals surface area contributed by atoms with Gasteiger partial charge in [-0.25, -0.2) is 9.37 Å². The van der Waals surface area contributed by atoms with Gasteiger partial charge in [-0.05, 0) is 76.2 Å². The van der Waals surface area contributed by atoms with Crippen molar-refractivity contribution in [3.63, 3.8) is 0 Å². The number of halogens is 1. The molecule has 0 bridgehead atoms. The number of phenols is 1. The molecular weight excluding hydrogens is 527 g/mol. The number of aromatic hydroxyl groups is 1. The molecule has 1 N–H and O–H groups in total. The fourth-order valence-electron chi connectivity index (χ4n) is 4.80. The topological polar surface area (TPSA) is 45.5 Å². The van der Waals surface area contributed by atoms with Gasteiger partial charge in [0.25, 0.3) is 0 Å². The molecule has 0 radical (unpaired) electrons. The Morgan fingerprint density at radius 1 is 0.756 bits per heavy atom. The van der Waals surface area contributed by atoms with Crippen LogP contribution in [0.5, 0.6) is 5.75 Å². The number of phenolic OH excluding ortho intramolecular Hbond substituents is 1. The predicted molar refractivity (Wildman–Crippen MR) is 170 cm³/mol. The van der Waals surface area contributed by atoms with Crippen molar-refractivity contribution in [2.45, 2.75) is 26.2 Å². The zero-order valence-electron chi connectivity index (χ0n) is 23.1. The Labute approximate surface area is 243 Å². The van der Waals surface area contributed by atoms with Crippen LogP contribution in [0.4, 0.5) is 10.1 Å². The molecule has 5 aromatic carbocycles. The first kappa shape index (κ1) is 26.6. The highest BCUT2D eigenvalue weighted by molar-refractivity contribution is 7.21. The third kappa shape index (κ3) is 5.54. The van der Waals surface area contributed by atoms with Gasteiger partial charge in [0.15, 0.2) is 0 Å². The van der Waals surface area contributed by atoms with E-state index in [1.807, 2.05) is 42.5 Å². The molecule has 0 atom stereocenters. The molecular formula is C36H29FN2OS. The van der Waals surface area contributed by atoms with Crippen LogP contribution in [0, 0.1) is 5.82 Å². The second-order valence-electron chi connectivity index (χ2n) is 11.1. The molecule has 0 amide bonds. The molecule has 0 saturated heterocycles. The monoisotopic (exact) mass is 556 g/mol. The maximum absolute atomic E-state index is 13.4.